The molecule has 0 nitrogen and oxygen atoms in total. The Labute approximate surface area is 146 Å². The molecule has 1 heteroatoms. The molecule has 0 unspecified atom stereocenters. The summed E-state index contributed by atoms with van der Waals surface area (Å²) in [4.78, 5) is 0. The van der Waals surface area contributed by atoms with Crippen molar-refractivity contribution in [1.29, 1.82) is 0 Å². The standard InChI is InChI=1S/C21H19I/c1-21(2)18-8-4-3-6-17(18)20-16(7-5-9-19(20)21)14-10-12-15(22)13-11-14/h3,5-7,9-13H,4,8H2,1-2H3. The van der Waals surface area contributed by atoms with Gasteiger partial charge in [0.25, 0.3) is 0 Å². The highest BCUT2D eigenvalue weighted by molar-refractivity contribution is 14.1. The van der Waals surface area contributed by atoms with Crippen molar-refractivity contribution in [2.75, 3.05) is 0 Å². The van der Waals surface area contributed by atoms with Crippen LogP contribution in [0.2, 0.25) is 0 Å². The van der Waals surface area contributed by atoms with E-state index in [1.807, 2.05) is 0 Å². The van der Waals surface area contributed by atoms with Crippen LogP contribution in [0.5, 0.6) is 0 Å². The van der Waals surface area contributed by atoms with Crippen LogP contribution < -0.4 is 0 Å². The van der Waals surface area contributed by atoms with Gasteiger partial charge in [0, 0.05) is 8.99 Å². The van der Waals surface area contributed by atoms with Gasteiger partial charge in [0.1, 0.15) is 0 Å². The summed E-state index contributed by atoms with van der Waals surface area (Å²) in [6, 6.07) is 15.7. The lowest BCUT2D eigenvalue weighted by Gasteiger charge is -2.25. The van der Waals surface area contributed by atoms with Gasteiger partial charge in [-0.1, -0.05) is 61.9 Å². The molecule has 0 bridgehead atoms. The minimum atomic E-state index is 0.161. The first-order valence-corrected chi connectivity index (χ1v) is 8.97. The Morgan fingerprint density at radius 1 is 1.00 bits per heavy atom. The Morgan fingerprint density at radius 3 is 2.55 bits per heavy atom. The van der Waals surface area contributed by atoms with E-state index in [1.54, 1.807) is 5.57 Å². The van der Waals surface area contributed by atoms with Crippen LogP contribution in [0.4, 0.5) is 0 Å². The van der Waals surface area contributed by atoms with Crippen molar-refractivity contribution >= 4 is 28.2 Å². The van der Waals surface area contributed by atoms with Crippen LogP contribution in [0.25, 0.3) is 16.7 Å². The minimum absolute atomic E-state index is 0.161. The lowest BCUT2D eigenvalue weighted by molar-refractivity contribution is 0.607. The van der Waals surface area contributed by atoms with Crippen LogP contribution in [-0.2, 0) is 5.41 Å². The average Bonchev–Trinajstić information content (AvgIpc) is 2.77. The number of hydrogen-bond acceptors (Lipinski definition) is 0. The molecule has 0 spiro atoms. The molecular formula is C21H19I. The monoisotopic (exact) mass is 398 g/mol. The van der Waals surface area contributed by atoms with Crippen LogP contribution in [0.3, 0.4) is 0 Å². The predicted molar refractivity (Wildman–Crippen MR) is 103 cm³/mol. The van der Waals surface area contributed by atoms with Crippen LogP contribution >= 0.6 is 22.6 Å². The van der Waals surface area contributed by atoms with Crippen LogP contribution in [0, 0.1) is 3.57 Å². The molecule has 0 fully saturated rings. The van der Waals surface area contributed by atoms with E-state index in [2.05, 4.69) is 91.1 Å². The summed E-state index contributed by atoms with van der Waals surface area (Å²) in [6.07, 6.45) is 7.05. The van der Waals surface area contributed by atoms with Crippen LogP contribution in [0.1, 0.15) is 37.8 Å². The minimum Gasteiger partial charge on any atom is -0.0836 e. The molecule has 0 saturated carbocycles. The molecule has 22 heavy (non-hydrogen) atoms. The first-order chi connectivity index (χ1) is 10.6. The maximum Gasteiger partial charge on any atom is 0.0130 e. The molecule has 0 saturated heterocycles. The molecule has 4 rings (SSSR count). The van der Waals surface area contributed by atoms with Crippen molar-refractivity contribution in [3.8, 4) is 11.1 Å². The van der Waals surface area contributed by atoms with Crippen molar-refractivity contribution in [3.05, 3.63) is 74.9 Å². The molecule has 110 valence electrons. The van der Waals surface area contributed by atoms with Gasteiger partial charge in [-0.2, -0.15) is 0 Å². The van der Waals surface area contributed by atoms with Gasteiger partial charge < -0.3 is 0 Å². The van der Waals surface area contributed by atoms with Crippen molar-refractivity contribution in [2.24, 2.45) is 0 Å². The molecule has 0 aromatic heterocycles. The van der Waals surface area contributed by atoms with E-state index in [0.717, 1.165) is 0 Å². The number of hydrogen-bond donors (Lipinski definition) is 0. The maximum atomic E-state index is 2.38. The second kappa shape index (κ2) is 5.09. The fourth-order valence-corrected chi connectivity index (χ4v) is 4.30. The van der Waals surface area contributed by atoms with E-state index >= 15 is 0 Å². The molecule has 2 aromatic rings. The molecule has 2 aliphatic carbocycles. The van der Waals surface area contributed by atoms with Crippen LogP contribution in [-0.4, -0.2) is 0 Å². The highest BCUT2D eigenvalue weighted by Crippen LogP contribution is 2.52. The smallest absolute Gasteiger partial charge is 0.0130 e. The summed E-state index contributed by atoms with van der Waals surface area (Å²) in [7, 11) is 0. The fraction of sp³-hybridized carbons (Fsp3) is 0.238. The van der Waals surface area contributed by atoms with Crippen molar-refractivity contribution in [3.63, 3.8) is 0 Å². The van der Waals surface area contributed by atoms with Crippen molar-refractivity contribution in [1.82, 2.24) is 0 Å². The van der Waals surface area contributed by atoms with E-state index in [4.69, 9.17) is 0 Å². The maximum absolute atomic E-state index is 2.38. The van der Waals surface area contributed by atoms with E-state index in [1.165, 1.54) is 44.2 Å². The van der Waals surface area contributed by atoms with Gasteiger partial charge in [-0.15, -0.1) is 0 Å². The fourth-order valence-electron chi connectivity index (χ4n) is 3.94. The Morgan fingerprint density at radius 2 is 1.77 bits per heavy atom. The number of allylic oxidation sites excluding steroid dienone is 4. The SMILES string of the molecule is CC1(C)C2=C(C=CCC2)c2c(-c3ccc(I)cc3)cccc21. The highest BCUT2D eigenvalue weighted by Gasteiger charge is 2.38. The van der Waals surface area contributed by atoms with Crippen molar-refractivity contribution < 1.29 is 0 Å². The van der Waals surface area contributed by atoms with E-state index in [0.29, 0.717) is 0 Å². The summed E-state index contributed by atoms with van der Waals surface area (Å²) in [5.74, 6) is 0. The second-order valence-electron chi connectivity index (χ2n) is 6.69. The Bertz CT molecular complexity index is 804. The molecule has 0 atom stereocenters. The third kappa shape index (κ3) is 2.02. The number of rotatable bonds is 1. The normalized spacial score (nSPS) is 18.3. The third-order valence-corrected chi connectivity index (χ3v) is 5.81. The molecule has 0 aliphatic heterocycles. The van der Waals surface area contributed by atoms with Gasteiger partial charge in [-0.25, -0.2) is 0 Å². The predicted octanol–water partition coefficient (Wildman–Crippen LogP) is 6.35. The lowest BCUT2D eigenvalue weighted by Crippen LogP contribution is -2.17. The summed E-state index contributed by atoms with van der Waals surface area (Å²) in [5.41, 5.74) is 8.89. The molecule has 0 N–H and O–H groups in total. The van der Waals surface area contributed by atoms with Crippen molar-refractivity contribution in [2.45, 2.75) is 32.1 Å². The lowest BCUT2D eigenvalue weighted by atomic mass is 9.78. The Balaban J connectivity index is 1.99. The molecule has 2 aromatic carbocycles. The largest absolute Gasteiger partial charge is 0.0836 e. The summed E-state index contributed by atoms with van der Waals surface area (Å²) in [6.45, 7) is 4.76. The first-order valence-electron chi connectivity index (χ1n) is 7.89. The van der Waals surface area contributed by atoms with E-state index in [-0.39, 0.29) is 5.41 Å². The van der Waals surface area contributed by atoms with E-state index < -0.39 is 0 Å². The van der Waals surface area contributed by atoms with Gasteiger partial charge in [-0.05, 0) is 75.4 Å². The summed E-state index contributed by atoms with van der Waals surface area (Å²) >= 11 is 2.37. The number of fused-ring (bicyclic) bond motifs is 2. The van der Waals surface area contributed by atoms with Crippen LogP contribution in [0.15, 0.2) is 60.2 Å². The first kappa shape index (κ1) is 14.3. The summed E-state index contributed by atoms with van der Waals surface area (Å²) < 4.78 is 1.28. The molecular weight excluding hydrogens is 379 g/mol. The molecule has 0 radical (unpaired) electrons. The summed E-state index contributed by atoms with van der Waals surface area (Å²) in [5, 5.41) is 0. The van der Waals surface area contributed by atoms with Gasteiger partial charge in [0.2, 0.25) is 0 Å². The second-order valence-corrected chi connectivity index (χ2v) is 7.94. The van der Waals surface area contributed by atoms with Gasteiger partial charge in [0.15, 0.2) is 0 Å². The topological polar surface area (TPSA) is 0 Å². The third-order valence-electron chi connectivity index (χ3n) is 5.09. The van der Waals surface area contributed by atoms with Gasteiger partial charge in [-0.3, -0.25) is 0 Å². The zero-order valence-electron chi connectivity index (χ0n) is 13.0. The zero-order valence-corrected chi connectivity index (χ0v) is 15.1. The number of benzene rings is 2. The highest BCUT2D eigenvalue weighted by atomic mass is 127. The molecule has 0 amide bonds. The Hall–Kier alpha value is -1.35. The Kier molecular flexibility index (Phi) is 3.30. The molecule has 2 aliphatic rings. The zero-order chi connectivity index (χ0) is 15.3. The molecule has 0 heterocycles. The van der Waals surface area contributed by atoms with Gasteiger partial charge in [0.05, 0.1) is 0 Å². The average molecular weight is 398 g/mol. The van der Waals surface area contributed by atoms with Gasteiger partial charge >= 0.3 is 0 Å². The quantitative estimate of drug-likeness (QED) is 0.491. The number of halogens is 1. The van der Waals surface area contributed by atoms with E-state index in [9.17, 15) is 0 Å².